The highest BCUT2D eigenvalue weighted by atomic mass is 35.5. The van der Waals surface area contributed by atoms with Crippen LogP contribution in [-0.4, -0.2) is 65.6 Å². The quantitative estimate of drug-likeness (QED) is 0.390. The molecule has 3 N–H and O–H groups in total. The number of hydrogen-bond acceptors (Lipinski definition) is 6. The van der Waals surface area contributed by atoms with Crippen molar-refractivity contribution in [1.82, 2.24) is 24.2 Å². The molecule has 2 saturated carbocycles. The zero-order chi connectivity index (χ0) is 30.1. The van der Waals surface area contributed by atoms with E-state index in [1.54, 1.807) is 22.6 Å². The van der Waals surface area contributed by atoms with Gasteiger partial charge in [-0.25, -0.2) is 9.37 Å². The number of imidazole rings is 1. The van der Waals surface area contributed by atoms with Gasteiger partial charge in [-0.15, -0.1) is 0 Å². The molecule has 1 amide bonds. The second kappa shape index (κ2) is 10.4. The summed E-state index contributed by atoms with van der Waals surface area (Å²) in [7, 11) is 3.63. The van der Waals surface area contributed by atoms with Gasteiger partial charge in [-0.05, 0) is 93.6 Å². The molecule has 3 atom stereocenters. The van der Waals surface area contributed by atoms with E-state index in [9.17, 15) is 19.4 Å². The number of aryl methyl sites for hydroxylation is 2. The molecule has 3 aliphatic heterocycles. The molecule has 0 spiro atoms. The SMILES string of the molecule is Cn1cnc(C2CC3CC(O)(c4cc(C#CC5(O)CN6CCC5CC6)nn4C)CC3C2)c1C(=O)Nc1ccc(F)c(Cl)c1. The molecule has 226 valence electrons. The number of aliphatic hydroxyl groups is 2. The van der Waals surface area contributed by atoms with Crippen LogP contribution in [0.25, 0.3) is 0 Å². The molecule has 5 fully saturated rings. The van der Waals surface area contributed by atoms with Gasteiger partial charge in [0.25, 0.3) is 5.91 Å². The van der Waals surface area contributed by atoms with Gasteiger partial charge in [0.05, 0.1) is 22.7 Å². The summed E-state index contributed by atoms with van der Waals surface area (Å²) in [6.45, 7) is 2.64. The Balaban J connectivity index is 1.04. The highest BCUT2D eigenvalue weighted by Gasteiger charge is 2.52. The molecule has 0 radical (unpaired) electrons. The lowest BCUT2D eigenvalue weighted by Crippen LogP contribution is -2.58. The molecule has 2 aromatic heterocycles. The zero-order valence-corrected chi connectivity index (χ0v) is 25.1. The van der Waals surface area contributed by atoms with Gasteiger partial charge in [0, 0.05) is 38.2 Å². The Morgan fingerprint density at radius 2 is 1.86 bits per heavy atom. The first-order valence-corrected chi connectivity index (χ1v) is 15.4. The van der Waals surface area contributed by atoms with Crippen LogP contribution in [0.4, 0.5) is 10.1 Å². The van der Waals surface area contributed by atoms with E-state index in [4.69, 9.17) is 11.6 Å². The summed E-state index contributed by atoms with van der Waals surface area (Å²) in [5, 5.41) is 30.4. The van der Waals surface area contributed by atoms with E-state index in [1.165, 1.54) is 18.2 Å². The number of piperidine rings is 3. The molecular weight excluding hydrogens is 571 g/mol. The molecule has 8 rings (SSSR count). The minimum Gasteiger partial charge on any atom is -0.384 e. The van der Waals surface area contributed by atoms with Crippen LogP contribution in [0.5, 0.6) is 0 Å². The Morgan fingerprint density at radius 1 is 1.14 bits per heavy atom. The van der Waals surface area contributed by atoms with Crippen LogP contribution in [0, 0.1) is 35.4 Å². The summed E-state index contributed by atoms with van der Waals surface area (Å²) in [5.74, 6) is 6.23. The third-order valence-corrected chi connectivity index (χ3v) is 10.6. The number of benzene rings is 1. The highest BCUT2D eigenvalue weighted by molar-refractivity contribution is 6.31. The molecule has 43 heavy (non-hydrogen) atoms. The highest BCUT2D eigenvalue weighted by Crippen LogP contribution is 2.56. The van der Waals surface area contributed by atoms with Crippen LogP contribution in [0.1, 0.15) is 72.0 Å². The molecule has 11 heteroatoms. The number of fused-ring (bicyclic) bond motifs is 4. The first-order valence-electron chi connectivity index (χ1n) is 15.0. The predicted octanol–water partition coefficient (Wildman–Crippen LogP) is 3.80. The molecule has 2 aliphatic carbocycles. The Bertz CT molecular complexity index is 1640. The topological polar surface area (TPSA) is 108 Å². The average Bonchev–Trinajstić information content (AvgIpc) is 3.72. The van der Waals surface area contributed by atoms with E-state index in [2.05, 4.69) is 32.1 Å². The number of aromatic nitrogens is 4. The summed E-state index contributed by atoms with van der Waals surface area (Å²) < 4.78 is 17.0. The van der Waals surface area contributed by atoms with Crippen molar-refractivity contribution in [3.63, 3.8) is 0 Å². The van der Waals surface area contributed by atoms with Crippen LogP contribution in [0.15, 0.2) is 30.6 Å². The van der Waals surface area contributed by atoms with Crippen molar-refractivity contribution in [2.24, 2.45) is 31.8 Å². The van der Waals surface area contributed by atoms with Crippen LogP contribution >= 0.6 is 11.6 Å². The maximum Gasteiger partial charge on any atom is 0.274 e. The second-order valence-corrected chi connectivity index (χ2v) is 13.5. The van der Waals surface area contributed by atoms with Crippen LogP contribution in [0.3, 0.4) is 0 Å². The molecule has 3 saturated heterocycles. The number of nitrogens with one attached hydrogen (secondary N) is 1. The van der Waals surface area contributed by atoms with Crippen molar-refractivity contribution < 1.29 is 19.4 Å². The maximum absolute atomic E-state index is 13.6. The summed E-state index contributed by atoms with van der Waals surface area (Å²) >= 11 is 5.90. The van der Waals surface area contributed by atoms with Crippen LogP contribution < -0.4 is 5.32 Å². The normalized spacial score (nSPS) is 32.8. The fourth-order valence-corrected chi connectivity index (χ4v) is 8.38. The molecule has 5 heterocycles. The number of nitrogens with zero attached hydrogens (tertiary/aromatic N) is 5. The number of hydrogen-bond donors (Lipinski definition) is 3. The van der Waals surface area contributed by atoms with Gasteiger partial charge in [-0.1, -0.05) is 17.5 Å². The number of carbonyl (C=O) groups excluding carboxylic acids is 1. The number of rotatable bonds is 4. The third-order valence-electron chi connectivity index (χ3n) is 10.3. The van der Waals surface area contributed by atoms with Crippen molar-refractivity contribution in [3.05, 3.63) is 64.2 Å². The molecule has 2 bridgehead atoms. The predicted molar refractivity (Wildman–Crippen MR) is 159 cm³/mol. The van der Waals surface area contributed by atoms with Crippen molar-refractivity contribution in [2.45, 2.75) is 55.6 Å². The number of anilines is 1. The van der Waals surface area contributed by atoms with E-state index in [1.807, 2.05) is 13.1 Å². The first-order chi connectivity index (χ1) is 20.5. The van der Waals surface area contributed by atoms with Gasteiger partial charge in [0.2, 0.25) is 0 Å². The molecule has 9 nitrogen and oxygen atoms in total. The van der Waals surface area contributed by atoms with Gasteiger partial charge in [0.1, 0.15) is 28.4 Å². The average molecular weight is 607 g/mol. The maximum atomic E-state index is 13.6. The van der Waals surface area contributed by atoms with E-state index >= 15 is 0 Å². The number of halogens is 2. The van der Waals surface area contributed by atoms with E-state index in [0.29, 0.717) is 36.5 Å². The smallest absolute Gasteiger partial charge is 0.274 e. The van der Waals surface area contributed by atoms with Gasteiger partial charge in [-0.2, -0.15) is 5.10 Å². The van der Waals surface area contributed by atoms with Crippen LogP contribution in [0.2, 0.25) is 5.02 Å². The van der Waals surface area contributed by atoms with E-state index in [-0.39, 0.29) is 34.6 Å². The minimum absolute atomic E-state index is 0.0572. The second-order valence-electron chi connectivity index (χ2n) is 13.1. The summed E-state index contributed by atoms with van der Waals surface area (Å²) in [5.41, 5.74) is 0.931. The number of amides is 1. The fourth-order valence-electron chi connectivity index (χ4n) is 8.20. The standard InChI is InChI=1S/C32H36ClFN6O3/c1-38-18-35-28(29(38)30(41)36-23-3-4-26(34)25(33)13-23)19-11-20-15-32(43,16-21(20)12-19)27-14-24(37-39(27)2)5-8-31(42)17-40-9-6-22(31)7-10-40/h3-4,13-14,18-22,42-43H,6-7,9-12,15-17H2,1-2H3,(H,36,41). The van der Waals surface area contributed by atoms with Gasteiger partial charge >= 0.3 is 0 Å². The minimum atomic E-state index is -1.01. The summed E-state index contributed by atoms with van der Waals surface area (Å²) in [6, 6.07) is 5.96. The first kappa shape index (κ1) is 28.5. The lowest BCUT2D eigenvalue weighted by atomic mass is 9.76. The van der Waals surface area contributed by atoms with E-state index in [0.717, 1.165) is 50.2 Å². The molecule has 5 aliphatic rings. The zero-order valence-electron chi connectivity index (χ0n) is 24.4. The van der Waals surface area contributed by atoms with Crippen LogP contribution in [-0.2, 0) is 19.7 Å². The fraction of sp³-hybridized carbons (Fsp3) is 0.531. The Hall–Kier alpha value is -3.23. The summed E-state index contributed by atoms with van der Waals surface area (Å²) in [4.78, 5) is 20.2. The number of carbonyl (C=O) groups is 1. The van der Waals surface area contributed by atoms with E-state index < -0.39 is 17.0 Å². The molecule has 3 aromatic rings. The lowest BCUT2D eigenvalue weighted by molar-refractivity contribution is -0.0713. The Morgan fingerprint density at radius 3 is 2.51 bits per heavy atom. The molecular formula is C32H36ClFN6O3. The molecule has 3 unspecified atom stereocenters. The Labute approximate surface area is 255 Å². The Kier molecular flexibility index (Phi) is 6.93. The van der Waals surface area contributed by atoms with Gasteiger partial charge < -0.3 is 20.1 Å². The van der Waals surface area contributed by atoms with Crippen molar-refractivity contribution in [2.75, 3.05) is 25.0 Å². The van der Waals surface area contributed by atoms with Crippen molar-refractivity contribution >= 4 is 23.2 Å². The lowest BCUT2D eigenvalue weighted by Gasteiger charge is -2.47. The van der Waals surface area contributed by atoms with Crippen molar-refractivity contribution in [1.29, 1.82) is 0 Å². The van der Waals surface area contributed by atoms with Gasteiger partial charge in [-0.3, -0.25) is 14.4 Å². The summed E-state index contributed by atoms with van der Waals surface area (Å²) in [6.07, 6.45) is 6.43. The monoisotopic (exact) mass is 606 g/mol. The van der Waals surface area contributed by atoms with Crippen molar-refractivity contribution in [3.8, 4) is 11.8 Å². The van der Waals surface area contributed by atoms with Gasteiger partial charge in [0.15, 0.2) is 0 Å². The molecule has 1 aromatic carbocycles. The largest absolute Gasteiger partial charge is 0.384 e. The third kappa shape index (κ3) is 5.06.